The van der Waals surface area contributed by atoms with E-state index in [1.807, 2.05) is 12.1 Å². The quantitative estimate of drug-likeness (QED) is 0.869. The van der Waals surface area contributed by atoms with Crippen LogP contribution >= 0.6 is 0 Å². The first kappa shape index (κ1) is 15.1. The molecule has 0 unspecified atom stereocenters. The van der Waals surface area contributed by atoms with Crippen molar-refractivity contribution >= 4 is 0 Å². The third-order valence-corrected chi connectivity index (χ3v) is 4.34. The molecular formula is C16H26N2O2. The van der Waals surface area contributed by atoms with E-state index in [9.17, 15) is 5.11 Å². The first-order valence-electron chi connectivity index (χ1n) is 7.50. The van der Waals surface area contributed by atoms with Gasteiger partial charge in [0.05, 0.1) is 7.11 Å². The van der Waals surface area contributed by atoms with Gasteiger partial charge in [-0.15, -0.1) is 0 Å². The number of hydrogen-bond acceptors (Lipinski definition) is 4. The molecule has 0 heterocycles. The minimum absolute atomic E-state index is 0.265. The molecule has 20 heavy (non-hydrogen) atoms. The molecule has 112 valence electrons. The maximum atomic E-state index is 10.2. The molecule has 1 saturated carbocycles. The zero-order valence-corrected chi connectivity index (χ0v) is 12.5. The number of phenols is 1. The zero-order valence-electron chi connectivity index (χ0n) is 12.5. The second kappa shape index (κ2) is 6.95. The van der Waals surface area contributed by atoms with Gasteiger partial charge in [-0.1, -0.05) is 19.1 Å². The summed E-state index contributed by atoms with van der Waals surface area (Å²) in [5.74, 6) is 0.810. The number of hydrogen-bond donors (Lipinski definition) is 2. The van der Waals surface area contributed by atoms with Gasteiger partial charge in [0.15, 0.2) is 11.5 Å². The van der Waals surface area contributed by atoms with Crippen molar-refractivity contribution < 1.29 is 9.84 Å². The molecule has 0 radical (unpaired) electrons. The van der Waals surface area contributed by atoms with E-state index in [0.29, 0.717) is 17.8 Å². The fraction of sp³-hybridized carbons (Fsp3) is 0.625. The highest BCUT2D eigenvalue weighted by molar-refractivity contribution is 5.45. The van der Waals surface area contributed by atoms with Gasteiger partial charge in [-0.2, -0.15) is 0 Å². The Morgan fingerprint density at radius 1 is 1.30 bits per heavy atom. The fourth-order valence-electron chi connectivity index (χ4n) is 3.04. The highest BCUT2D eigenvalue weighted by Gasteiger charge is 2.24. The molecule has 4 heteroatoms. The molecule has 0 aromatic heterocycles. The maximum absolute atomic E-state index is 10.2. The third-order valence-electron chi connectivity index (χ3n) is 4.34. The van der Waals surface area contributed by atoms with Crippen molar-refractivity contribution in [1.82, 2.24) is 4.90 Å². The lowest BCUT2D eigenvalue weighted by Gasteiger charge is -2.35. The third kappa shape index (κ3) is 3.44. The zero-order chi connectivity index (χ0) is 14.5. The smallest absolute Gasteiger partial charge is 0.162 e. The van der Waals surface area contributed by atoms with Gasteiger partial charge in [-0.3, -0.25) is 4.90 Å². The summed E-state index contributed by atoms with van der Waals surface area (Å²) in [4.78, 5) is 2.43. The van der Waals surface area contributed by atoms with Crippen molar-refractivity contribution in [1.29, 1.82) is 0 Å². The van der Waals surface area contributed by atoms with Crippen LogP contribution < -0.4 is 10.5 Å². The summed E-state index contributed by atoms with van der Waals surface area (Å²) in [5.41, 5.74) is 6.91. The van der Waals surface area contributed by atoms with Crippen molar-refractivity contribution in [2.75, 3.05) is 13.7 Å². The van der Waals surface area contributed by atoms with E-state index in [2.05, 4.69) is 11.8 Å². The van der Waals surface area contributed by atoms with Crippen molar-refractivity contribution in [3.8, 4) is 11.5 Å². The van der Waals surface area contributed by atoms with Crippen LogP contribution in [0.1, 0.15) is 38.2 Å². The summed E-state index contributed by atoms with van der Waals surface area (Å²) in [7, 11) is 1.58. The molecule has 0 saturated heterocycles. The molecule has 0 amide bonds. The Kier molecular flexibility index (Phi) is 5.26. The van der Waals surface area contributed by atoms with E-state index in [1.54, 1.807) is 13.2 Å². The SMILES string of the molecule is CCN(Cc1cccc(OC)c1O)C1CCC(N)CC1. The number of ether oxygens (including phenoxy) is 1. The number of aromatic hydroxyl groups is 1. The highest BCUT2D eigenvalue weighted by Crippen LogP contribution is 2.31. The second-order valence-electron chi connectivity index (χ2n) is 5.60. The summed E-state index contributed by atoms with van der Waals surface area (Å²) in [6.45, 7) is 3.92. The number of para-hydroxylation sites is 1. The Hall–Kier alpha value is -1.26. The van der Waals surface area contributed by atoms with E-state index in [4.69, 9.17) is 10.5 Å². The number of phenolic OH excluding ortho intramolecular Hbond substituents is 1. The molecule has 1 fully saturated rings. The van der Waals surface area contributed by atoms with Crippen molar-refractivity contribution in [2.45, 2.75) is 51.2 Å². The summed E-state index contributed by atoms with van der Waals surface area (Å²) < 4.78 is 5.18. The Labute approximate surface area is 121 Å². The van der Waals surface area contributed by atoms with Gasteiger partial charge in [0, 0.05) is 24.2 Å². The molecule has 3 N–H and O–H groups in total. The Morgan fingerprint density at radius 3 is 2.60 bits per heavy atom. The molecule has 1 aliphatic carbocycles. The molecule has 1 aromatic rings. The Morgan fingerprint density at radius 2 is 2.00 bits per heavy atom. The molecule has 2 rings (SSSR count). The number of rotatable bonds is 5. The molecule has 0 spiro atoms. The lowest BCUT2D eigenvalue weighted by atomic mass is 9.90. The summed E-state index contributed by atoms with van der Waals surface area (Å²) in [5, 5.41) is 10.2. The van der Waals surface area contributed by atoms with E-state index >= 15 is 0 Å². The minimum Gasteiger partial charge on any atom is -0.504 e. The summed E-state index contributed by atoms with van der Waals surface area (Å²) in [6, 6.07) is 6.63. The Bertz CT molecular complexity index is 428. The molecular weight excluding hydrogens is 252 g/mol. The van der Waals surface area contributed by atoms with Gasteiger partial charge in [-0.05, 0) is 38.3 Å². The number of nitrogens with zero attached hydrogens (tertiary/aromatic N) is 1. The monoisotopic (exact) mass is 278 g/mol. The van der Waals surface area contributed by atoms with Crippen LogP contribution in [-0.2, 0) is 6.54 Å². The standard InChI is InChI=1S/C16H26N2O2/c1-3-18(14-9-7-13(17)8-10-14)11-12-5-4-6-15(20-2)16(12)19/h4-6,13-14,19H,3,7-11,17H2,1-2H3. The molecule has 0 bridgehead atoms. The maximum Gasteiger partial charge on any atom is 0.162 e. The van der Waals surface area contributed by atoms with E-state index in [-0.39, 0.29) is 5.75 Å². The predicted molar refractivity (Wildman–Crippen MR) is 81.0 cm³/mol. The number of nitrogens with two attached hydrogens (primary N) is 1. The van der Waals surface area contributed by atoms with Crippen LogP contribution in [0.15, 0.2) is 18.2 Å². The van der Waals surface area contributed by atoms with Gasteiger partial charge in [0.2, 0.25) is 0 Å². The van der Waals surface area contributed by atoms with Gasteiger partial charge in [0.25, 0.3) is 0 Å². The number of methoxy groups -OCH3 is 1. The second-order valence-corrected chi connectivity index (χ2v) is 5.60. The predicted octanol–water partition coefficient (Wildman–Crippen LogP) is 2.49. The average Bonchev–Trinajstić information content (AvgIpc) is 2.47. The van der Waals surface area contributed by atoms with Crippen LogP contribution in [0.3, 0.4) is 0 Å². The molecule has 1 aliphatic rings. The van der Waals surface area contributed by atoms with E-state index < -0.39 is 0 Å². The van der Waals surface area contributed by atoms with Gasteiger partial charge in [-0.25, -0.2) is 0 Å². The van der Waals surface area contributed by atoms with E-state index in [1.165, 1.54) is 0 Å². The van der Waals surface area contributed by atoms with Crippen molar-refractivity contribution in [3.05, 3.63) is 23.8 Å². The summed E-state index contributed by atoms with van der Waals surface area (Å²) >= 11 is 0. The van der Waals surface area contributed by atoms with Crippen LogP contribution in [0.5, 0.6) is 11.5 Å². The van der Waals surface area contributed by atoms with Crippen LogP contribution in [0.4, 0.5) is 0 Å². The summed E-state index contributed by atoms with van der Waals surface area (Å²) in [6.07, 6.45) is 4.51. The molecule has 0 atom stereocenters. The Balaban J connectivity index is 2.06. The van der Waals surface area contributed by atoms with Crippen LogP contribution in [0, 0.1) is 0 Å². The number of benzene rings is 1. The van der Waals surface area contributed by atoms with Gasteiger partial charge >= 0.3 is 0 Å². The molecule has 1 aromatic carbocycles. The first-order valence-corrected chi connectivity index (χ1v) is 7.50. The minimum atomic E-state index is 0.265. The largest absolute Gasteiger partial charge is 0.504 e. The molecule has 0 aliphatic heterocycles. The van der Waals surface area contributed by atoms with Gasteiger partial charge < -0.3 is 15.6 Å². The van der Waals surface area contributed by atoms with Gasteiger partial charge in [0.1, 0.15) is 0 Å². The fourth-order valence-corrected chi connectivity index (χ4v) is 3.04. The highest BCUT2D eigenvalue weighted by atomic mass is 16.5. The normalized spacial score (nSPS) is 23.0. The van der Waals surface area contributed by atoms with Crippen molar-refractivity contribution in [2.24, 2.45) is 5.73 Å². The molecule has 4 nitrogen and oxygen atoms in total. The van der Waals surface area contributed by atoms with Crippen molar-refractivity contribution in [3.63, 3.8) is 0 Å². The van der Waals surface area contributed by atoms with Crippen LogP contribution in [0.25, 0.3) is 0 Å². The topological polar surface area (TPSA) is 58.7 Å². The van der Waals surface area contributed by atoms with Crippen LogP contribution in [-0.4, -0.2) is 35.7 Å². The lowest BCUT2D eigenvalue weighted by Crippen LogP contribution is -2.40. The van der Waals surface area contributed by atoms with E-state index in [0.717, 1.165) is 44.3 Å². The lowest BCUT2D eigenvalue weighted by molar-refractivity contribution is 0.148. The average molecular weight is 278 g/mol. The first-order chi connectivity index (χ1) is 9.65. The van der Waals surface area contributed by atoms with Crippen LogP contribution in [0.2, 0.25) is 0 Å².